The molecule has 0 radical (unpaired) electrons. The van der Waals surface area contributed by atoms with Gasteiger partial charge in [-0.1, -0.05) is 6.92 Å². The molecule has 5 nitrogen and oxygen atoms in total. The molecule has 5 heteroatoms. The molecule has 0 spiro atoms. The zero-order chi connectivity index (χ0) is 11.4. The summed E-state index contributed by atoms with van der Waals surface area (Å²) in [5.74, 6) is -1.44. The van der Waals surface area contributed by atoms with E-state index in [0.717, 1.165) is 0 Å². The monoisotopic (exact) mass is 203 g/mol. The highest BCUT2D eigenvalue weighted by Gasteiger charge is 2.34. The smallest absolute Gasteiger partial charge is 0.323 e. The fraction of sp³-hybridized carbons (Fsp3) is 0.778. The van der Waals surface area contributed by atoms with Gasteiger partial charge < -0.3 is 9.84 Å². The number of aliphatic carboxylic acids is 1. The Labute approximate surface area is 83.4 Å². The Hall–Kier alpha value is -1.10. The summed E-state index contributed by atoms with van der Waals surface area (Å²) in [5.41, 5.74) is -1.09. The highest BCUT2D eigenvalue weighted by molar-refractivity contribution is 5.81. The van der Waals surface area contributed by atoms with Crippen molar-refractivity contribution in [3.8, 4) is 0 Å². The van der Waals surface area contributed by atoms with E-state index in [9.17, 15) is 9.59 Å². The molecule has 0 amide bonds. The van der Waals surface area contributed by atoms with Crippen LogP contribution in [0.25, 0.3) is 0 Å². The number of carbonyl (C=O) groups excluding carboxylic acids is 1. The summed E-state index contributed by atoms with van der Waals surface area (Å²) in [5, 5.41) is 11.6. The summed E-state index contributed by atoms with van der Waals surface area (Å²) in [6, 6.07) is -0.624. The average Bonchev–Trinajstić information content (AvgIpc) is 2.15. The molecule has 0 rings (SSSR count). The number of ether oxygens (including phenoxy) is 1. The van der Waals surface area contributed by atoms with E-state index in [0.29, 0.717) is 6.42 Å². The van der Waals surface area contributed by atoms with Crippen LogP contribution < -0.4 is 5.32 Å². The summed E-state index contributed by atoms with van der Waals surface area (Å²) in [4.78, 5) is 21.9. The molecule has 0 aromatic heterocycles. The summed E-state index contributed by atoms with van der Waals surface area (Å²) in [6.45, 7) is 4.85. The maximum absolute atomic E-state index is 11.1. The van der Waals surface area contributed by atoms with Gasteiger partial charge in [0.15, 0.2) is 0 Å². The second-order valence-corrected chi connectivity index (χ2v) is 3.38. The second kappa shape index (κ2) is 4.95. The van der Waals surface area contributed by atoms with Crippen molar-refractivity contribution in [3.63, 3.8) is 0 Å². The van der Waals surface area contributed by atoms with Gasteiger partial charge in [0.1, 0.15) is 11.6 Å². The van der Waals surface area contributed by atoms with E-state index in [1.165, 1.54) is 14.0 Å². The highest BCUT2D eigenvalue weighted by Crippen LogP contribution is 2.10. The van der Waals surface area contributed by atoms with Crippen molar-refractivity contribution in [1.29, 1.82) is 0 Å². The van der Waals surface area contributed by atoms with Crippen molar-refractivity contribution in [2.24, 2.45) is 0 Å². The number of carboxylic acid groups (broad SMARTS) is 1. The van der Waals surface area contributed by atoms with Gasteiger partial charge in [0, 0.05) is 0 Å². The normalized spacial score (nSPS) is 16.9. The van der Waals surface area contributed by atoms with Crippen molar-refractivity contribution in [2.75, 3.05) is 7.11 Å². The lowest BCUT2D eigenvalue weighted by atomic mass is 9.98. The summed E-state index contributed by atoms with van der Waals surface area (Å²) in [7, 11) is 1.27. The Kier molecular flexibility index (Phi) is 4.56. The molecule has 2 N–H and O–H groups in total. The Balaban J connectivity index is 4.46. The third-order valence-electron chi connectivity index (χ3n) is 2.27. The van der Waals surface area contributed by atoms with E-state index in [2.05, 4.69) is 10.1 Å². The van der Waals surface area contributed by atoms with Gasteiger partial charge in [-0.05, 0) is 20.3 Å². The topological polar surface area (TPSA) is 75.6 Å². The molecule has 0 saturated heterocycles. The number of carboxylic acids is 1. The molecule has 0 fully saturated rings. The number of nitrogens with one attached hydrogen (secondary N) is 1. The molecule has 0 saturated carbocycles. The number of carbonyl (C=O) groups is 2. The number of methoxy groups -OCH3 is 1. The standard InChI is InChI=1S/C9H17NO4/c1-5-9(3,8(12)13)10-6(2)7(11)14-4/h6,10H,5H2,1-4H3,(H,12,13). The van der Waals surface area contributed by atoms with Crippen LogP contribution in [0.3, 0.4) is 0 Å². The average molecular weight is 203 g/mol. The van der Waals surface area contributed by atoms with Crippen LogP contribution in [0.15, 0.2) is 0 Å². The molecule has 0 aliphatic heterocycles. The molecule has 0 aliphatic carbocycles. The van der Waals surface area contributed by atoms with Crippen molar-refractivity contribution in [1.82, 2.24) is 5.32 Å². The minimum absolute atomic E-state index is 0.393. The SMILES string of the molecule is CCC(C)(NC(C)C(=O)OC)C(=O)O. The van der Waals surface area contributed by atoms with E-state index in [1.807, 2.05) is 0 Å². The van der Waals surface area contributed by atoms with Crippen LogP contribution in [0.1, 0.15) is 27.2 Å². The fourth-order valence-electron chi connectivity index (χ4n) is 1.03. The summed E-state index contributed by atoms with van der Waals surface area (Å²) in [6.07, 6.45) is 0.393. The maximum atomic E-state index is 11.1. The molecule has 0 aromatic carbocycles. The van der Waals surface area contributed by atoms with Crippen LogP contribution in [-0.2, 0) is 14.3 Å². The van der Waals surface area contributed by atoms with Crippen molar-refractivity contribution in [3.05, 3.63) is 0 Å². The Morgan fingerprint density at radius 1 is 1.57 bits per heavy atom. The first-order valence-electron chi connectivity index (χ1n) is 4.46. The number of hydrogen-bond donors (Lipinski definition) is 2. The van der Waals surface area contributed by atoms with E-state index in [4.69, 9.17) is 5.11 Å². The fourth-order valence-corrected chi connectivity index (χ4v) is 1.03. The van der Waals surface area contributed by atoms with Crippen LogP contribution in [0.2, 0.25) is 0 Å². The van der Waals surface area contributed by atoms with Crippen LogP contribution in [-0.4, -0.2) is 35.7 Å². The van der Waals surface area contributed by atoms with Gasteiger partial charge in [0.2, 0.25) is 0 Å². The molecular weight excluding hydrogens is 186 g/mol. The lowest BCUT2D eigenvalue weighted by molar-refractivity contribution is -0.147. The molecule has 0 bridgehead atoms. The lowest BCUT2D eigenvalue weighted by Crippen LogP contribution is -2.55. The van der Waals surface area contributed by atoms with Gasteiger partial charge in [-0.15, -0.1) is 0 Å². The van der Waals surface area contributed by atoms with Gasteiger partial charge in [0.25, 0.3) is 0 Å². The van der Waals surface area contributed by atoms with Gasteiger partial charge in [0.05, 0.1) is 7.11 Å². The molecule has 0 aliphatic rings. The number of esters is 1. The van der Waals surface area contributed by atoms with E-state index in [1.54, 1.807) is 13.8 Å². The molecule has 2 atom stereocenters. The molecule has 14 heavy (non-hydrogen) atoms. The van der Waals surface area contributed by atoms with E-state index >= 15 is 0 Å². The van der Waals surface area contributed by atoms with E-state index < -0.39 is 23.5 Å². The van der Waals surface area contributed by atoms with Gasteiger partial charge >= 0.3 is 11.9 Å². The Bertz CT molecular complexity index is 229. The summed E-state index contributed by atoms with van der Waals surface area (Å²) >= 11 is 0. The van der Waals surface area contributed by atoms with Crippen LogP contribution in [0, 0.1) is 0 Å². The summed E-state index contributed by atoms with van der Waals surface area (Å²) < 4.78 is 4.49. The molecule has 0 heterocycles. The molecule has 82 valence electrons. The molecule has 2 unspecified atom stereocenters. The highest BCUT2D eigenvalue weighted by atomic mass is 16.5. The van der Waals surface area contributed by atoms with Gasteiger partial charge in [-0.3, -0.25) is 14.9 Å². The predicted molar refractivity (Wildman–Crippen MR) is 50.9 cm³/mol. The number of rotatable bonds is 5. The second-order valence-electron chi connectivity index (χ2n) is 3.38. The van der Waals surface area contributed by atoms with Gasteiger partial charge in [-0.25, -0.2) is 0 Å². The number of hydrogen-bond acceptors (Lipinski definition) is 4. The largest absolute Gasteiger partial charge is 0.480 e. The zero-order valence-corrected chi connectivity index (χ0v) is 8.96. The molecular formula is C9H17NO4. The third-order valence-corrected chi connectivity index (χ3v) is 2.27. The first-order valence-corrected chi connectivity index (χ1v) is 4.46. The first-order chi connectivity index (χ1) is 6.37. The first kappa shape index (κ1) is 12.9. The third kappa shape index (κ3) is 2.99. The van der Waals surface area contributed by atoms with Crippen LogP contribution in [0.5, 0.6) is 0 Å². The van der Waals surface area contributed by atoms with Crippen molar-refractivity contribution < 1.29 is 19.4 Å². The minimum atomic E-state index is -1.09. The van der Waals surface area contributed by atoms with Crippen LogP contribution >= 0.6 is 0 Å². The van der Waals surface area contributed by atoms with Crippen LogP contribution in [0.4, 0.5) is 0 Å². The molecule has 0 aromatic rings. The maximum Gasteiger partial charge on any atom is 0.323 e. The minimum Gasteiger partial charge on any atom is -0.480 e. The Morgan fingerprint density at radius 2 is 2.07 bits per heavy atom. The lowest BCUT2D eigenvalue weighted by Gasteiger charge is -2.27. The van der Waals surface area contributed by atoms with Gasteiger partial charge in [-0.2, -0.15) is 0 Å². The quantitative estimate of drug-likeness (QED) is 0.632. The van der Waals surface area contributed by atoms with Crippen molar-refractivity contribution in [2.45, 2.75) is 38.8 Å². The predicted octanol–water partition coefficient (Wildman–Crippen LogP) is 0.391. The Morgan fingerprint density at radius 3 is 2.36 bits per heavy atom. The van der Waals surface area contributed by atoms with Crippen molar-refractivity contribution >= 4 is 11.9 Å². The van der Waals surface area contributed by atoms with E-state index in [-0.39, 0.29) is 0 Å². The zero-order valence-electron chi connectivity index (χ0n) is 8.96.